The van der Waals surface area contributed by atoms with E-state index in [-0.39, 0.29) is 5.97 Å². The zero-order chi connectivity index (χ0) is 9.94. The lowest BCUT2D eigenvalue weighted by atomic mass is 10.1. The van der Waals surface area contributed by atoms with Gasteiger partial charge in [0.1, 0.15) is 0 Å². The third-order valence-corrected chi connectivity index (χ3v) is 1.68. The summed E-state index contributed by atoms with van der Waals surface area (Å²) >= 11 is 0. The molecule has 13 heavy (non-hydrogen) atoms. The van der Waals surface area contributed by atoms with Crippen molar-refractivity contribution in [1.82, 2.24) is 0 Å². The summed E-state index contributed by atoms with van der Waals surface area (Å²) < 4.78 is 4.49. The van der Waals surface area contributed by atoms with Gasteiger partial charge in [0.05, 0.1) is 7.11 Å². The maximum absolute atomic E-state index is 10.7. The number of hydrogen-bond acceptors (Lipinski definition) is 3. The molecule has 0 spiro atoms. The summed E-state index contributed by atoms with van der Waals surface area (Å²) in [6, 6.07) is 0. The van der Waals surface area contributed by atoms with Crippen molar-refractivity contribution in [2.45, 2.75) is 32.1 Å². The normalized spacial score (nSPS) is 9.00. The van der Waals surface area contributed by atoms with Crippen molar-refractivity contribution in [2.24, 2.45) is 5.11 Å². The molecule has 0 N–H and O–H groups in total. The van der Waals surface area contributed by atoms with Crippen LogP contribution in [-0.2, 0) is 9.53 Å². The predicted octanol–water partition coefficient (Wildman–Crippen LogP) is 2.42. The van der Waals surface area contributed by atoms with Crippen molar-refractivity contribution >= 4 is 5.97 Å². The number of nitrogens with zero attached hydrogens (tertiary/aromatic N) is 3. The number of esters is 1. The van der Waals surface area contributed by atoms with Crippen molar-refractivity contribution in [3.05, 3.63) is 10.4 Å². The van der Waals surface area contributed by atoms with E-state index < -0.39 is 0 Å². The Morgan fingerprint density at radius 3 is 2.69 bits per heavy atom. The van der Waals surface area contributed by atoms with Crippen molar-refractivity contribution in [3.63, 3.8) is 0 Å². The van der Waals surface area contributed by atoms with Crippen LogP contribution in [0.5, 0.6) is 0 Å². The van der Waals surface area contributed by atoms with Crippen molar-refractivity contribution < 1.29 is 9.53 Å². The molecule has 0 saturated heterocycles. The summed E-state index contributed by atoms with van der Waals surface area (Å²) in [6.45, 7) is 0.550. The number of ether oxygens (including phenoxy) is 1. The Hall–Kier alpha value is -1.22. The Morgan fingerprint density at radius 2 is 2.08 bits per heavy atom. The van der Waals surface area contributed by atoms with Gasteiger partial charge in [-0.25, -0.2) is 0 Å². The van der Waals surface area contributed by atoms with Crippen LogP contribution >= 0.6 is 0 Å². The van der Waals surface area contributed by atoms with Crippen LogP contribution < -0.4 is 0 Å². The van der Waals surface area contributed by atoms with Crippen molar-refractivity contribution in [3.8, 4) is 0 Å². The third-order valence-electron chi connectivity index (χ3n) is 1.68. The van der Waals surface area contributed by atoms with E-state index in [1.54, 1.807) is 0 Å². The van der Waals surface area contributed by atoms with Gasteiger partial charge >= 0.3 is 5.97 Å². The average molecular weight is 185 g/mol. The number of hydrogen-bond donors (Lipinski definition) is 0. The maximum Gasteiger partial charge on any atom is 0.305 e. The van der Waals surface area contributed by atoms with Crippen molar-refractivity contribution in [1.29, 1.82) is 0 Å². The van der Waals surface area contributed by atoms with Crippen LogP contribution in [0.1, 0.15) is 32.1 Å². The number of azide groups is 1. The van der Waals surface area contributed by atoms with E-state index in [4.69, 9.17) is 5.53 Å². The number of carbonyl (C=O) groups is 1. The molecule has 0 radical (unpaired) electrons. The van der Waals surface area contributed by atoms with Crippen LogP contribution in [0.15, 0.2) is 5.11 Å². The van der Waals surface area contributed by atoms with E-state index in [2.05, 4.69) is 14.8 Å². The van der Waals surface area contributed by atoms with Crippen molar-refractivity contribution in [2.75, 3.05) is 13.7 Å². The Kier molecular flexibility index (Phi) is 8.04. The lowest BCUT2D eigenvalue weighted by Crippen LogP contribution is -1.99. The van der Waals surface area contributed by atoms with Gasteiger partial charge in [-0.05, 0) is 18.4 Å². The minimum Gasteiger partial charge on any atom is -0.469 e. The number of carbonyl (C=O) groups excluding carboxylic acids is 1. The molecule has 0 rings (SSSR count). The first kappa shape index (κ1) is 11.8. The second-order valence-corrected chi connectivity index (χ2v) is 2.69. The molecule has 0 bridgehead atoms. The Morgan fingerprint density at radius 1 is 1.38 bits per heavy atom. The molecule has 5 heteroatoms. The first-order valence-corrected chi connectivity index (χ1v) is 4.39. The van der Waals surface area contributed by atoms with E-state index in [0.29, 0.717) is 13.0 Å². The lowest BCUT2D eigenvalue weighted by Gasteiger charge is -1.98. The van der Waals surface area contributed by atoms with E-state index >= 15 is 0 Å². The SMILES string of the molecule is COC(=O)CCCCCCN=[N+]=[N-]. The van der Waals surface area contributed by atoms with Gasteiger partial charge in [0, 0.05) is 17.9 Å². The summed E-state index contributed by atoms with van der Waals surface area (Å²) in [6.07, 6.45) is 4.21. The monoisotopic (exact) mass is 185 g/mol. The fourth-order valence-electron chi connectivity index (χ4n) is 0.952. The van der Waals surface area contributed by atoms with Gasteiger partial charge < -0.3 is 4.74 Å². The highest BCUT2D eigenvalue weighted by atomic mass is 16.5. The number of unbranched alkanes of at least 4 members (excludes halogenated alkanes) is 3. The highest BCUT2D eigenvalue weighted by molar-refractivity contribution is 5.68. The summed E-state index contributed by atoms with van der Waals surface area (Å²) in [5.41, 5.74) is 7.97. The van der Waals surface area contributed by atoms with Crippen LogP contribution in [0.4, 0.5) is 0 Å². The molecule has 0 amide bonds. The van der Waals surface area contributed by atoms with E-state index in [1.807, 2.05) is 0 Å². The molecule has 0 aromatic carbocycles. The molecular weight excluding hydrogens is 170 g/mol. The molecule has 0 aromatic rings. The maximum atomic E-state index is 10.7. The smallest absolute Gasteiger partial charge is 0.305 e. The molecule has 0 atom stereocenters. The highest BCUT2D eigenvalue weighted by Gasteiger charge is 1.98. The molecule has 0 aliphatic carbocycles. The summed E-state index contributed by atoms with van der Waals surface area (Å²) in [5.74, 6) is -0.157. The number of methoxy groups -OCH3 is 1. The first-order valence-electron chi connectivity index (χ1n) is 4.39. The van der Waals surface area contributed by atoms with Crippen LogP contribution in [-0.4, -0.2) is 19.6 Å². The molecule has 0 aliphatic rings. The largest absolute Gasteiger partial charge is 0.469 e. The van der Waals surface area contributed by atoms with Crippen LogP contribution in [0, 0.1) is 0 Å². The molecule has 0 aliphatic heterocycles. The van der Waals surface area contributed by atoms with E-state index in [0.717, 1.165) is 25.7 Å². The zero-order valence-corrected chi connectivity index (χ0v) is 7.90. The lowest BCUT2D eigenvalue weighted by molar-refractivity contribution is -0.140. The first-order chi connectivity index (χ1) is 6.31. The standard InChI is InChI=1S/C8H15N3O2/c1-13-8(12)6-4-2-3-5-7-10-11-9/h2-7H2,1H3. The quantitative estimate of drug-likeness (QED) is 0.201. The van der Waals surface area contributed by atoms with Crippen LogP contribution in [0.2, 0.25) is 0 Å². The highest BCUT2D eigenvalue weighted by Crippen LogP contribution is 2.03. The summed E-state index contributed by atoms with van der Waals surface area (Å²) in [4.78, 5) is 13.3. The van der Waals surface area contributed by atoms with Gasteiger partial charge in [-0.1, -0.05) is 18.0 Å². The van der Waals surface area contributed by atoms with Crippen LogP contribution in [0.25, 0.3) is 10.4 Å². The van der Waals surface area contributed by atoms with Crippen LogP contribution in [0.3, 0.4) is 0 Å². The molecular formula is C8H15N3O2. The van der Waals surface area contributed by atoms with Gasteiger partial charge in [-0.15, -0.1) is 0 Å². The molecule has 0 fully saturated rings. The van der Waals surface area contributed by atoms with Gasteiger partial charge in [-0.2, -0.15) is 0 Å². The molecule has 0 heterocycles. The molecule has 5 nitrogen and oxygen atoms in total. The minimum absolute atomic E-state index is 0.157. The second-order valence-electron chi connectivity index (χ2n) is 2.69. The molecule has 0 saturated carbocycles. The summed E-state index contributed by atoms with van der Waals surface area (Å²) in [5, 5.41) is 3.41. The third kappa shape index (κ3) is 8.69. The van der Waals surface area contributed by atoms with Gasteiger partial charge in [0.25, 0.3) is 0 Å². The van der Waals surface area contributed by atoms with Gasteiger partial charge in [-0.3, -0.25) is 4.79 Å². The predicted molar refractivity (Wildman–Crippen MR) is 49.1 cm³/mol. The molecule has 0 unspecified atom stereocenters. The Bertz CT molecular complexity index is 188. The van der Waals surface area contributed by atoms with Gasteiger partial charge in [0.2, 0.25) is 0 Å². The fraction of sp³-hybridized carbons (Fsp3) is 0.875. The molecule has 74 valence electrons. The topological polar surface area (TPSA) is 75.1 Å². The van der Waals surface area contributed by atoms with E-state index in [9.17, 15) is 4.79 Å². The molecule has 0 aromatic heterocycles. The minimum atomic E-state index is -0.157. The Labute approximate surface area is 77.7 Å². The average Bonchev–Trinajstić information content (AvgIpc) is 2.16. The number of rotatable bonds is 7. The Balaban J connectivity index is 3.08. The summed E-state index contributed by atoms with van der Waals surface area (Å²) in [7, 11) is 1.39. The fourth-order valence-corrected chi connectivity index (χ4v) is 0.952. The second kappa shape index (κ2) is 8.87. The zero-order valence-electron chi connectivity index (χ0n) is 7.90. The van der Waals surface area contributed by atoms with Gasteiger partial charge in [0.15, 0.2) is 0 Å². The van der Waals surface area contributed by atoms with E-state index in [1.165, 1.54) is 7.11 Å².